The van der Waals surface area contributed by atoms with Crippen molar-refractivity contribution in [2.75, 3.05) is 0 Å². The van der Waals surface area contributed by atoms with E-state index in [2.05, 4.69) is 5.32 Å². The zero-order chi connectivity index (χ0) is 21.3. The Morgan fingerprint density at radius 1 is 0.929 bits per heavy atom. The Hall–Kier alpha value is -2.04. The highest BCUT2D eigenvalue weighted by molar-refractivity contribution is 5.83. The number of carboxylic acid groups (broad SMARTS) is 1. The minimum Gasteiger partial charge on any atom is -0.508 e. The maximum absolute atomic E-state index is 12.1. The summed E-state index contributed by atoms with van der Waals surface area (Å²) in [5.41, 5.74) is 0.756. The van der Waals surface area contributed by atoms with Gasteiger partial charge >= 0.3 is 5.97 Å². The molecule has 1 atom stereocenters. The van der Waals surface area contributed by atoms with Crippen LogP contribution in [-0.2, 0) is 16.0 Å². The molecule has 0 spiro atoms. The Morgan fingerprint density at radius 3 is 2.00 bits per heavy atom. The highest BCUT2D eigenvalue weighted by atomic mass is 16.4. The van der Waals surface area contributed by atoms with Crippen LogP contribution in [0.4, 0.5) is 0 Å². The van der Waals surface area contributed by atoms with Crippen LogP contribution in [0.2, 0.25) is 0 Å². The molecule has 0 aliphatic carbocycles. The SMILES string of the molecule is [2H]CCCCCCCCCCCCCC(=O)N[C@@H](Cc1ccc(O)cc1)C(=O)O. The number of unbranched alkanes of at least 4 members (excludes halogenated alkanes) is 10. The van der Waals surface area contributed by atoms with Gasteiger partial charge in [0.25, 0.3) is 0 Å². The van der Waals surface area contributed by atoms with Crippen LogP contribution < -0.4 is 5.32 Å². The van der Waals surface area contributed by atoms with E-state index < -0.39 is 12.0 Å². The van der Waals surface area contributed by atoms with Crippen molar-refractivity contribution >= 4 is 11.9 Å². The molecule has 5 heteroatoms. The molecule has 1 rings (SSSR count). The van der Waals surface area contributed by atoms with Crippen molar-refractivity contribution in [3.63, 3.8) is 0 Å². The van der Waals surface area contributed by atoms with Gasteiger partial charge in [-0.05, 0) is 24.1 Å². The number of aromatic hydroxyl groups is 1. The van der Waals surface area contributed by atoms with Gasteiger partial charge in [-0.3, -0.25) is 4.79 Å². The molecule has 1 aromatic rings. The normalized spacial score (nSPS) is 12.4. The Labute approximate surface area is 171 Å². The molecule has 0 radical (unpaired) electrons. The largest absolute Gasteiger partial charge is 0.508 e. The molecule has 28 heavy (non-hydrogen) atoms. The van der Waals surface area contributed by atoms with E-state index >= 15 is 0 Å². The lowest BCUT2D eigenvalue weighted by atomic mass is 10.0. The molecule has 0 saturated heterocycles. The van der Waals surface area contributed by atoms with Crippen LogP contribution in [0.3, 0.4) is 0 Å². The number of nitrogens with one attached hydrogen (secondary N) is 1. The summed E-state index contributed by atoms with van der Waals surface area (Å²) in [5.74, 6) is -1.14. The van der Waals surface area contributed by atoms with Crippen molar-refractivity contribution < 1.29 is 21.2 Å². The average molecular weight is 393 g/mol. The lowest BCUT2D eigenvalue weighted by Gasteiger charge is -2.14. The number of benzene rings is 1. The molecule has 0 saturated carbocycles. The van der Waals surface area contributed by atoms with Crippen LogP contribution in [0.1, 0.15) is 90.9 Å². The molecule has 1 amide bonds. The first-order valence-electron chi connectivity index (χ1n) is 11.3. The average Bonchev–Trinajstić information content (AvgIpc) is 2.70. The number of hydrogen-bond acceptors (Lipinski definition) is 3. The van der Waals surface area contributed by atoms with Gasteiger partial charge in [-0.1, -0.05) is 83.2 Å². The van der Waals surface area contributed by atoms with E-state index in [1.165, 1.54) is 57.1 Å². The van der Waals surface area contributed by atoms with Gasteiger partial charge in [-0.15, -0.1) is 0 Å². The van der Waals surface area contributed by atoms with E-state index in [0.717, 1.165) is 31.2 Å². The summed E-state index contributed by atoms with van der Waals surface area (Å²) >= 11 is 0. The molecular weight excluding hydrogens is 354 g/mol. The van der Waals surface area contributed by atoms with E-state index in [-0.39, 0.29) is 18.1 Å². The smallest absolute Gasteiger partial charge is 0.326 e. The zero-order valence-corrected chi connectivity index (χ0v) is 17.0. The summed E-state index contributed by atoms with van der Waals surface area (Å²) in [7, 11) is 0. The van der Waals surface area contributed by atoms with Gasteiger partial charge in [0, 0.05) is 14.2 Å². The van der Waals surface area contributed by atoms with Gasteiger partial charge in [-0.25, -0.2) is 4.79 Å². The molecule has 5 nitrogen and oxygen atoms in total. The van der Waals surface area contributed by atoms with Crippen LogP contribution in [-0.4, -0.2) is 28.1 Å². The molecule has 3 N–H and O–H groups in total. The second-order valence-corrected chi connectivity index (χ2v) is 7.47. The molecule has 0 aliphatic rings. The van der Waals surface area contributed by atoms with Gasteiger partial charge in [-0.2, -0.15) is 0 Å². The fourth-order valence-corrected chi connectivity index (χ4v) is 3.21. The Balaban J connectivity index is 2.08. The Morgan fingerprint density at radius 2 is 1.46 bits per heavy atom. The summed E-state index contributed by atoms with van der Waals surface area (Å²) in [5, 5.41) is 21.2. The predicted octanol–water partition coefficient (Wildman–Crippen LogP) is 5.21. The maximum Gasteiger partial charge on any atom is 0.326 e. The molecule has 0 heterocycles. The van der Waals surface area contributed by atoms with E-state index in [9.17, 15) is 19.8 Å². The van der Waals surface area contributed by atoms with Crippen molar-refractivity contribution in [2.45, 2.75) is 96.4 Å². The van der Waals surface area contributed by atoms with Gasteiger partial charge in [0.05, 0.1) is 0 Å². The minimum absolute atomic E-state index is 0.130. The molecular formula is C23H37NO4. The lowest BCUT2D eigenvalue weighted by molar-refractivity contribution is -0.141. The molecule has 1 aromatic carbocycles. The van der Waals surface area contributed by atoms with Crippen LogP contribution in [0.15, 0.2) is 24.3 Å². The van der Waals surface area contributed by atoms with Crippen molar-refractivity contribution in [1.29, 1.82) is 0 Å². The standard InChI is InChI=1S/C23H37NO4/c1-2-3-4-5-6-7-8-9-10-11-12-13-22(26)24-21(23(27)28)18-19-14-16-20(25)17-15-19/h14-17,21,25H,2-13,18H2,1H3,(H,24,26)(H,27,28)/t21-/m0/s1/i1D. The number of phenolic OH excluding ortho intramolecular Hbond substituents is 1. The zero-order valence-electron chi connectivity index (χ0n) is 18.0. The number of carbonyl (C=O) groups is 2. The highest BCUT2D eigenvalue weighted by Crippen LogP contribution is 2.13. The van der Waals surface area contributed by atoms with Crippen LogP contribution >= 0.6 is 0 Å². The third-order valence-electron chi connectivity index (χ3n) is 4.91. The second kappa shape index (κ2) is 14.9. The molecule has 0 aromatic heterocycles. The molecule has 0 fully saturated rings. The summed E-state index contributed by atoms with van der Waals surface area (Å²) < 4.78 is 7.10. The number of phenols is 1. The fraction of sp³-hybridized carbons (Fsp3) is 0.652. The number of carbonyl (C=O) groups excluding carboxylic acids is 1. The first kappa shape index (κ1) is 22.3. The lowest BCUT2D eigenvalue weighted by Crippen LogP contribution is -2.42. The van der Waals surface area contributed by atoms with Gasteiger partial charge in [0.15, 0.2) is 0 Å². The predicted molar refractivity (Wildman–Crippen MR) is 112 cm³/mol. The van der Waals surface area contributed by atoms with E-state index in [4.69, 9.17) is 1.37 Å². The molecule has 158 valence electrons. The number of aliphatic carboxylic acids is 1. The number of carboxylic acids is 1. The third-order valence-corrected chi connectivity index (χ3v) is 4.91. The maximum atomic E-state index is 12.1. The summed E-state index contributed by atoms with van der Waals surface area (Å²) in [4.78, 5) is 23.5. The van der Waals surface area contributed by atoms with Crippen LogP contribution in [0.5, 0.6) is 5.75 Å². The quantitative estimate of drug-likeness (QED) is 0.337. The van der Waals surface area contributed by atoms with E-state index in [1.54, 1.807) is 12.1 Å². The number of hydrogen-bond donors (Lipinski definition) is 3. The Kier molecular flexibility index (Phi) is 11.9. The van der Waals surface area contributed by atoms with E-state index in [0.29, 0.717) is 13.3 Å². The van der Waals surface area contributed by atoms with E-state index in [1.807, 2.05) is 0 Å². The van der Waals surface area contributed by atoms with Crippen molar-refractivity contribution in [1.82, 2.24) is 5.32 Å². The fourth-order valence-electron chi connectivity index (χ4n) is 3.21. The first-order valence-corrected chi connectivity index (χ1v) is 10.6. The molecule has 0 bridgehead atoms. The molecule has 0 unspecified atom stereocenters. The third kappa shape index (κ3) is 11.6. The summed E-state index contributed by atoms with van der Waals surface area (Å²) in [6.45, 7) is 0.549. The van der Waals surface area contributed by atoms with Gasteiger partial charge < -0.3 is 15.5 Å². The second-order valence-electron chi connectivity index (χ2n) is 7.47. The number of rotatable bonds is 16. The van der Waals surface area contributed by atoms with Crippen molar-refractivity contribution in [3.8, 4) is 5.75 Å². The topological polar surface area (TPSA) is 86.6 Å². The minimum atomic E-state index is -1.05. The highest BCUT2D eigenvalue weighted by Gasteiger charge is 2.20. The monoisotopic (exact) mass is 392 g/mol. The van der Waals surface area contributed by atoms with Crippen molar-refractivity contribution in [2.24, 2.45) is 0 Å². The first-order chi connectivity index (χ1) is 14.0. The summed E-state index contributed by atoms with van der Waals surface area (Å²) in [6.07, 6.45) is 13.1. The van der Waals surface area contributed by atoms with Gasteiger partial charge in [0.2, 0.25) is 5.91 Å². The summed E-state index contributed by atoms with van der Waals surface area (Å²) in [6, 6.07) is 5.39. The van der Waals surface area contributed by atoms with Crippen molar-refractivity contribution in [3.05, 3.63) is 29.8 Å². The van der Waals surface area contributed by atoms with Crippen LogP contribution in [0.25, 0.3) is 0 Å². The van der Waals surface area contributed by atoms with Gasteiger partial charge in [0.1, 0.15) is 11.8 Å². The molecule has 0 aliphatic heterocycles. The number of amides is 1. The Bertz CT molecular complexity index is 577. The van der Waals surface area contributed by atoms with Crippen LogP contribution in [0, 0.1) is 0 Å².